The molecule has 0 amide bonds. The highest BCUT2D eigenvalue weighted by molar-refractivity contribution is 4.84. The van der Waals surface area contributed by atoms with Crippen molar-refractivity contribution in [3.8, 4) is 0 Å². The van der Waals surface area contributed by atoms with E-state index in [-0.39, 0.29) is 0 Å². The summed E-state index contributed by atoms with van der Waals surface area (Å²) in [4.78, 5) is 2.53. The van der Waals surface area contributed by atoms with Crippen molar-refractivity contribution in [1.29, 1.82) is 0 Å². The Labute approximate surface area is 94.2 Å². The molecule has 2 atom stereocenters. The van der Waals surface area contributed by atoms with Crippen molar-refractivity contribution < 1.29 is 4.74 Å². The van der Waals surface area contributed by atoms with Crippen molar-refractivity contribution in [2.45, 2.75) is 52.2 Å². The average Bonchev–Trinajstić information content (AvgIpc) is 2.63. The summed E-state index contributed by atoms with van der Waals surface area (Å²) in [7, 11) is 0. The van der Waals surface area contributed by atoms with Crippen LogP contribution in [-0.4, -0.2) is 49.3 Å². The molecular formula is C12H26N2O. The van der Waals surface area contributed by atoms with E-state index in [0.717, 1.165) is 13.2 Å². The third kappa shape index (κ3) is 4.49. The number of nitrogens with zero attached hydrogens (tertiary/aromatic N) is 1. The van der Waals surface area contributed by atoms with Gasteiger partial charge in [0, 0.05) is 31.3 Å². The first-order valence-electron chi connectivity index (χ1n) is 6.21. The molecular weight excluding hydrogens is 188 g/mol. The molecule has 1 rings (SSSR count). The molecule has 0 spiro atoms. The zero-order chi connectivity index (χ0) is 11.3. The molecule has 0 aromatic rings. The van der Waals surface area contributed by atoms with Gasteiger partial charge in [0.05, 0.1) is 6.61 Å². The second kappa shape index (κ2) is 6.46. The molecule has 3 nitrogen and oxygen atoms in total. The maximum absolute atomic E-state index is 5.40. The molecule has 1 N–H and O–H groups in total. The van der Waals surface area contributed by atoms with Gasteiger partial charge in [0.15, 0.2) is 0 Å². The largest absolute Gasteiger partial charge is 0.380 e. The van der Waals surface area contributed by atoms with Gasteiger partial charge >= 0.3 is 0 Å². The maximum Gasteiger partial charge on any atom is 0.0616 e. The van der Waals surface area contributed by atoms with E-state index >= 15 is 0 Å². The van der Waals surface area contributed by atoms with E-state index in [9.17, 15) is 0 Å². The maximum atomic E-state index is 5.40. The SMILES string of the molecule is CCOCC(C)NC1CCN(C(C)C)C1. The van der Waals surface area contributed by atoms with Crippen LogP contribution in [0.25, 0.3) is 0 Å². The predicted molar refractivity (Wildman–Crippen MR) is 64.2 cm³/mol. The van der Waals surface area contributed by atoms with Gasteiger partial charge in [-0.3, -0.25) is 4.90 Å². The van der Waals surface area contributed by atoms with Crippen molar-refractivity contribution in [1.82, 2.24) is 10.2 Å². The predicted octanol–water partition coefficient (Wildman–Crippen LogP) is 1.48. The van der Waals surface area contributed by atoms with Crippen LogP contribution in [0.15, 0.2) is 0 Å². The summed E-state index contributed by atoms with van der Waals surface area (Å²) < 4.78 is 5.40. The Hall–Kier alpha value is -0.120. The molecule has 15 heavy (non-hydrogen) atoms. The van der Waals surface area contributed by atoms with Gasteiger partial charge in [-0.15, -0.1) is 0 Å². The lowest BCUT2D eigenvalue weighted by Crippen LogP contribution is -2.41. The highest BCUT2D eigenvalue weighted by atomic mass is 16.5. The summed E-state index contributed by atoms with van der Waals surface area (Å²) in [5.41, 5.74) is 0. The number of likely N-dealkylation sites (tertiary alicyclic amines) is 1. The van der Waals surface area contributed by atoms with E-state index in [0.29, 0.717) is 18.1 Å². The number of nitrogens with one attached hydrogen (secondary N) is 1. The second-order valence-corrected chi connectivity index (χ2v) is 4.80. The first-order valence-corrected chi connectivity index (χ1v) is 6.21. The van der Waals surface area contributed by atoms with Gasteiger partial charge in [-0.05, 0) is 40.7 Å². The average molecular weight is 214 g/mol. The van der Waals surface area contributed by atoms with Crippen LogP contribution in [0.3, 0.4) is 0 Å². The highest BCUT2D eigenvalue weighted by Gasteiger charge is 2.24. The molecule has 3 heteroatoms. The summed E-state index contributed by atoms with van der Waals surface area (Å²) in [6.45, 7) is 12.8. The summed E-state index contributed by atoms with van der Waals surface area (Å²) in [5.74, 6) is 0. The fourth-order valence-electron chi connectivity index (χ4n) is 2.14. The van der Waals surface area contributed by atoms with Crippen LogP contribution in [0.2, 0.25) is 0 Å². The molecule has 1 heterocycles. The quantitative estimate of drug-likeness (QED) is 0.725. The van der Waals surface area contributed by atoms with Gasteiger partial charge < -0.3 is 10.1 Å². The summed E-state index contributed by atoms with van der Waals surface area (Å²) in [6, 6.07) is 1.81. The lowest BCUT2D eigenvalue weighted by atomic mass is 10.2. The topological polar surface area (TPSA) is 24.5 Å². The Balaban J connectivity index is 2.17. The van der Waals surface area contributed by atoms with Crippen LogP contribution < -0.4 is 5.32 Å². The van der Waals surface area contributed by atoms with Gasteiger partial charge in [-0.2, -0.15) is 0 Å². The van der Waals surface area contributed by atoms with E-state index in [1.807, 2.05) is 6.92 Å². The van der Waals surface area contributed by atoms with Gasteiger partial charge in [0.25, 0.3) is 0 Å². The minimum absolute atomic E-state index is 0.474. The number of rotatable bonds is 6. The monoisotopic (exact) mass is 214 g/mol. The highest BCUT2D eigenvalue weighted by Crippen LogP contribution is 2.12. The molecule has 0 aromatic heterocycles. The van der Waals surface area contributed by atoms with E-state index < -0.39 is 0 Å². The lowest BCUT2D eigenvalue weighted by Gasteiger charge is -2.22. The number of hydrogen-bond donors (Lipinski definition) is 1. The van der Waals surface area contributed by atoms with Crippen molar-refractivity contribution in [3.63, 3.8) is 0 Å². The third-order valence-corrected chi connectivity index (χ3v) is 3.04. The zero-order valence-corrected chi connectivity index (χ0v) is 10.6. The molecule has 0 aliphatic carbocycles. The fraction of sp³-hybridized carbons (Fsp3) is 1.00. The molecule has 0 radical (unpaired) electrons. The van der Waals surface area contributed by atoms with Crippen LogP contribution in [-0.2, 0) is 4.74 Å². The minimum atomic E-state index is 0.474. The lowest BCUT2D eigenvalue weighted by molar-refractivity contribution is 0.123. The zero-order valence-electron chi connectivity index (χ0n) is 10.6. The van der Waals surface area contributed by atoms with Crippen LogP contribution in [0.4, 0.5) is 0 Å². The van der Waals surface area contributed by atoms with E-state index in [1.165, 1.54) is 19.5 Å². The van der Waals surface area contributed by atoms with Crippen molar-refractivity contribution in [2.75, 3.05) is 26.3 Å². The fourth-order valence-corrected chi connectivity index (χ4v) is 2.14. The van der Waals surface area contributed by atoms with Gasteiger partial charge in [0.2, 0.25) is 0 Å². The van der Waals surface area contributed by atoms with Crippen LogP contribution in [0.5, 0.6) is 0 Å². The third-order valence-electron chi connectivity index (χ3n) is 3.04. The van der Waals surface area contributed by atoms with Crippen molar-refractivity contribution >= 4 is 0 Å². The Morgan fingerprint density at radius 3 is 2.67 bits per heavy atom. The van der Waals surface area contributed by atoms with Crippen LogP contribution >= 0.6 is 0 Å². The molecule has 90 valence electrons. The molecule has 1 saturated heterocycles. The Kier molecular flexibility index (Phi) is 5.58. The first-order chi connectivity index (χ1) is 7.13. The number of hydrogen-bond acceptors (Lipinski definition) is 3. The molecule has 1 aliphatic heterocycles. The normalized spacial score (nSPS) is 25.0. The Morgan fingerprint density at radius 2 is 2.13 bits per heavy atom. The van der Waals surface area contributed by atoms with Crippen LogP contribution in [0, 0.1) is 0 Å². The Bertz CT molecular complexity index is 173. The Morgan fingerprint density at radius 1 is 1.40 bits per heavy atom. The van der Waals surface area contributed by atoms with E-state index in [1.54, 1.807) is 0 Å². The summed E-state index contributed by atoms with van der Waals surface area (Å²) in [5, 5.41) is 3.63. The second-order valence-electron chi connectivity index (χ2n) is 4.80. The molecule has 0 bridgehead atoms. The van der Waals surface area contributed by atoms with Gasteiger partial charge in [0.1, 0.15) is 0 Å². The van der Waals surface area contributed by atoms with E-state index in [4.69, 9.17) is 4.74 Å². The molecule has 2 unspecified atom stereocenters. The standard InChI is InChI=1S/C12H26N2O/c1-5-15-9-11(4)13-12-6-7-14(8-12)10(2)3/h10-13H,5-9H2,1-4H3. The molecule has 1 aliphatic rings. The first kappa shape index (κ1) is 12.9. The molecule has 0 saturated carbocycles. The van der Waals surface area contributed by atoms with Gasteiger partial charge in [-0.25, -0.2) is 0 Å². The molecule has 1 fully saturated rings. The number of ether oxygens (including phenoxy) is 1. The summed E-state index contributed by atoms with van der Waals surface area (Å²) in [6.07, 6.45) is 1.27. The van der Waals surface area contributed by atoms with Crippen molar-refractivity contribution in [2.24, 2.45) is 0 Å². The minimum Gasteiger partial charge on any atom is -0.380 e. The van der Waals surface area contributed by atoms with Crippen LogP contribution in [0.1, 0.15) is 34.1 Å². The van der Waals surface area contributed by atoms with Gasteiger partial charge in [-0.1, -0.05) is 0 Å². The smallest absolute Gasteiger partial charge is 0.0616 e. The van der Waals surface area contributed by atoms with E-state index in [2.05, 4.69) is 31.0 Å². The summed E-state index contributed by atoms with van der Waals surface area (Å²) >= 11 is 0. The van der Waals surface area contributed by atoms with Crippen molar-refractivity contribution in [3.05, 3.63) is 0 Å². The molecule has 0 aromatic carbocycles.